The molecule has 1 rings (SSSR count). The molecule has 0 bridgehead atoms. The Hall–Kier alpha value is -1.75. The van der Waals surface area contributed by atoms with E-state index in [0.717, 1.165) is 0 Å². The van der Waals surface area contributed by atoms with Crippen molar-refractivity contribution in [2.24, 2.45) is 11.7 Å². The second-order valence-electron chi connectivity index (χ2n) is 4.21. The highest BCUT2D eigenvalue weighted by Crippen LogP contribution is 2.20. The third kappa shape index (κ3) is 3.64. The molecule has 5 N–H and O–H groups in total. The smallest absolute Gasteiger partial charge is 0.251 e. The molecule has 5 nitrogen and oxygen atoms in total. The molecule has 1 aromatic carbocycles. The molecule has 0 saturated carbocycles. The number of hydrogen-bond acceptors (Lipinski definition) is 4. The van der Waals surface area contributed by atoms with Crippen LogP contribution < -0.4 is 11.1 Å². The lowest BCUT2D eigenvalue weighted by molar-refractivity contribution is 0.0928. The van der Waals surface area contributed by atoms with Crippen molar-refractivity contribution in [2.45, 2.75) is 19.9 Å². The zero-order chi connectivity index (χ0) is 13.0. The average molecular weight is 238 g/mol. The number of rotatable bonds is 4. The quantitative estimate of drug-likeness (QED) is 0.624. The number of carbonyl (C=O) groups excluding carboxylic acids is 1. The van der Waals surface area contributed by atoms with Gasteiger partial charge in [-0.2, -0.15) is 0 Å². The first-order chi connectivity index (χ1) is 7.93. The normalized spacial score (nSPS) is 14.1. The van der Waals surface area contributed by atoms with Crippen molar-refractivity contribution in [1.29, 1.82) is 0 Å². The fourth-order valence-corrected chi connectivity index (χ4v) is 1.36. The van der Waals surface area contributed by atoms with Crippen LogP contribution in [-0.2, 0) is 0 Å². The summed E-state index contributed by atoms with van der Waals surface area (Å²) in [7, 11) is 0. The Morgan fingerprint density at radius 3 is 2.29 bits per heavy atom. The number of amides is 1. The highest BCUT2D eigenvalue weighted by Gasteiger charge is 2.15. The van der Waals surface area contributed by atoms with Gasteiger partial charge in [0.15, 0.2) is 0 Å². The summed E-state index contributed by atoms with van der Waals surface area (Å²) in [5.41, 5.74) is 5.73. The lowest BCUT2D eigenvalue weighted by Gasteiger charge is -2.19. The minimum Gasteiger partial charge on any atom is -0.508 e. The molecule has 0 aliphatic heterocycles. The molecule has 0 heterocycles. The van der Waals surface area contributed by atoms with Crippen molar-refractivity contribution in [1.82, 2.24) is 5.32 Å². The minimum atomic E-state index is -0.344. The van der Waals surface area contributed by atoms with Crippen LogP contribution in [0.3, 0.4) is 0 Å². The Morgan fingerprint density at radius 2 is 1.82 bits per heavy atom. The molecule has 0 radical (unpaired) electrons. The topological polar surface area (TPSA) is 95.6 Å². The standard InChI is InChI=1S/C12H18N2O3/c1-7(6-13)8(2)14-12(17)9-3-10(15)5-11(16)4-9/h3-5,7-8,15-16H,6,13H2,1-2H3,(H,14,17). The highest BCUT2D eigenvalue weighted by atomic mass is 16.3. The van der Waals surface area contributed by atoms with Crippen molar-refractivity contribution in [2.75, 3.05) is 6.54 Å². The van der Waals surface area contributed by atoms with Crippen molar-refractivity contribution >= 4 is 5.91 Å². The maximum atomic E-state index is 11.8. The summed E-state index contributed by atoms with van der Waals surface area (Å²) in [6, 6.07) is 3.70. The maximum Gasteiger partial charge on any atom is 0.251 e. The van der Waals surface area contributed by atoms with E-state index in [0.29, 0.717) is 6.54 Å². The Bertz CT molecular complexity index is 386. The van der Waals surface area contributed by atoms with Gasteiger partial charge in [0.05, 0.1) is 0 Å². The Kier molecular flexibility index (Phi) is 4.34. The summed E-state index contributed by atoms with van der Waals surface area (Å²) in [5.74, 6) is -0.474. The molecule has 1 amide bonds. The van der Waals surface area contributed by atoms with Crippen LogP contribution >= 0.6 is 0 Å². The number of aromatic hydroxyl groups is 2. The Balaban J connectivity index is 2.76. The molecule has 0 saturated heterocycles. The summed E-state index contributed by atoms with van der Waals surface area (Å²) in [6.45, 7) is 4.27. The van der Waals surface area contributed by atoms with Crippen LogP contribution in [0.25, 0.3) is 0 Å². The molecular formula is C12H18N2O3. The van der Waals surface area contributed by atoms with Gasteiger partial charge in [-0.15, -0.1) is 0 Å². The third-order valence-electron chi connectivity index (χ3n) is 2.75. The van der Waals surface area contributed by atoms with E-state index in [2.05, 4.69) is 5.32 Å². The van der Waals surface area contributed by atoms with Crippen LogP contribution in [0.1, 0.15) is 24.2 Å². The van der Waals surface area contributed by atoms with Gasteiger partial charge in [0.2, 0.25) is 0 Å². The summed E-state index contributed by atoms with van der Waals surface area (Å²) in [4.78, 5) is 11.8. The lowest BCUT2D eigenvalue weighted by atomic mass is 10.0. The van der Waals surface area contributed by atoms with Crippen molar-refractivity contribution in [3.63, 3.8) is 0 Å². The molecule has 94 valence electrons. The Morgan fingerprint density at radius 1 is 1.29 bits per heavy atom. The van der Waals surface area contributed by atoms with E-state index >= 15 is 0 Å². The van der Waals surface area contributed by atoms with Crippen LogP contribution in [-0.4, -0.2) is 28.7 Å². The molecule has 1 aromatic rings. The van der Waals surface area contributed by atoms with Gasteiger partial charge in [0.1, 0.15) is 11.5 Å². The molecule has 0 spiro atoms. The molecule has 0 aromatic heterocycles. The van der Waals surface area contributed by atoms with Crippen molar-refractivity contribution in [3.8, 4) is 11.5 Å². The number of nitrogens with two attached hydrogens (primary N) is 1. The molecule has 0 fully saturated rings. The summed E-state index contributed by atoms with van der Waals surface area (Å²) >= 11 is 0. The number of phenols is 2. The van der Waals surface area contributed by atoms with Crippen molar-refractivity contribution < 1.29 is 15.0 Å². The molecular weight excluding hydrogens is 220 g/mol. The fraction of sp³-hybridized carbons (Fsp3) is 0.417. The molecule has 5 heteroatoms. The molecule has 0 aliphatic carbocycles. The van der Waals surface area contributed by atoms with Crippen molar-refractivity contribution in [3.05, 3.63) is 23.8 Å². The van der Waals surface area contributed by atoms with Gasteiger partial charge < -0.3 is 21.3 Å². The largest absolute Gasteiger partial charge is 0.508 e. The highest BCUT2D eigenvalue weighted by molar-refractivity contribution is 5.95. The monoisotopic (exact) mass is 238 g/mol. The number of carbonyl (C=O) groups is 1. The first-order valence-corrected chi connectivity index (χ1v) is 5.48. The maximum absolute atomic E-state index is 11.8. The zero-order valence-corrected chi connectivity index (χ0v) is 9.97. The number of nitrogens with one attached hydrogen (secondary N) is 1. The van der Waals surface area contributed by atoms with Crippen LogP contribution in [0.2, 0.25) is 0 Å². The van der Waals surface area contributed by atoms with Crippen LogP contribution in [0.15, 0.2) is 18.2 Å². The number of benzene rings is 1. The van der Waals surface area contributed by atoms with E-state index < -0.39 is 0 Å². The van der Waals surface area contributed by atoms with E-state index in [1.54, 1.807) is 0 Å². The minimum absolute atomic E-state index is 0.0722. The predicted octanol–water partition coefficient (Wildman–Crippen LogP) is 0.811. The van der Waals surface area contributed by atoms with Gasteiger partial charge in [-0.05, 0) is 31.5 Å². The first-order valence-electron chi connectivity index (χ1n) is 5.48. The van der Waals surface area contributed by atoms with Gasteiger partial charge >= 0.3 is 0 Å². The van der Waals surface area contributed by atoms with Crippen LogP contribution in [0.4, 0.5) is 0 Å². The Labute approximate surface area is 100 Å². The average Bonchev–Trinajstić information content (AvgIpc) is 2.26. The predicted molar refractivity (Wildman–Crippen MR) is 64.9 cm³/mol. The van der Waals surface area contributed by atoms with Crippen LogP contribution in [0.5, 0.6) is 11.5 Å². The van der Waals surface area contributed by atoms with E-state index in [-0.39, 0.29) is 34.9 Å². The first kappa shape index (κ1) is 13.3. The zero-order valence-electron chi connectivity index (χ0n) is 9.97. The van der Waals surface area contributed by atoms with Gasteiger partial charge in [-0.1, -0.05) is 6.92 Å². The van der Waals surface area contributed by atoms with E-state index in [1.807, 2.05) is 13.8 Å². The van der Waals surface area contributed by atoms with Crippen LogP contribution in [0, 0.1) is 5.92 Å². The van der Waals surface area contributed by atoms with Gasteiger partial charge in [0.25, 0.3) is 5.91 Å². The van der Waals surface area contributed by atoms with E-state index in [1.165, 1.54) is 18.2 Å². The summed E-state index contributed by atoms with van der Waals surface area (Å²) < 4.78 is 0. The fourth-order valence-electron chi connectivity index (χ4n) is 1.36. The van der Waals surface area contributed by atoms with Gasteiger partial charge in [-0.3, -0.25) is 4.79 Å². The third-order valence-corrected chi connectivity index (χ3v) is 2.75. The van der Waals surface area contributed by atoms with E-state index in [4.69, 9.17) is 5.73 Å². The summed E-state index contributed by atoms with van der Waals surface area (Å²) in [6.07, 6.45) is 0. The molecule has 2 unspecified atom stereocenters. The van der Waals surface area contributed by atoms with E-state index in [9.17, 15) is 15.0 Å². The van der Waals surface area contributed by atoms with Gasteiger partial charge in [0, 0.05) is 17.7 Å². The second kappa shape index (κ2) is 5.54. The van der Waals surface area contributed by atoms with Gasteiger partial charge in [-0.25, -0.2) is 0 Å². The summed E-state index contributed by atoms with van der Waals surface area (Å²) in [5, 5.41) is 21.3. The number of phenolic OH excluding ortho intramolecular Hbond substituents is 2. The molecule has 0 aliphatic rings. The second-order valence-corrected chi connectivity index (χ2v) is 4.21. The molecule has 2 atom stereocenters. The SMILES string of the molecule is CC(CN)C(C)NC(=O)c1cc(O)cc(O)c1. The number of hydrogen-bond donors (Lipinski definition) is 4. The lowest BCUT2D eigenvalue weighted by Crippen LogP contribution is -2.39. The molecule has 17 heavy (non-hydrogen) atoms.